The number of rotatable bonds is 20. The van der Waals surface area contributed by atoms with Crippen LogP contribution in [0.3, 0.4) is 0 Å². The SMILES string of the molecule is C=CCCCC(=O)OC[C@H](NC(=O)[C@@H](CC=C)CC(=O)N[C@H](CO)Cc1ccc(OCc2ccccc2)cc1)c1ccccc1. The first-order valence-electron chi connectivity index (χ1n) is 15.3. The molecule has 3 aromatic carbocycles. The number of unbranched alkanes of at least 4 members (excludes halogenated alkanes) is 1. The second-order valence-corrected chi connectivity index (χ2v) is 10.8. The maximum absolute atomic E-state index is 13.4. The lowest BCUT2D eigenvalue weighted by molar-refractivity contribution is -0.145. The molecule has 0 aliphatic carbocycles. The van der Waals surface area contributed by atoms with Crippen LogP contribution >= 0.6 is 0 Å². The lowest BCUT2D eigenvalue weighted by atomic mass is 9.97. The third kappa shape index (κ3) is 12.8. The number of amides is 2. The van der Waals surface area contributed by atoms with Crippen molar-refractivity contribution in [1.82, 2.24) is 10.6 Å². The zero-order chi connectivity index (χ0) is 32.3. The second kappa shape index (κ2) is 19.6. The van der Waals surface area contributed by atoms with Gasteiger partial charge in [-0.2, -0.15) is 0 Å². The number of esters is 1. The van der Waals surface area contributed by atoms with Crippen molar-refractivity contribution in [2.45, 2.75) is 57.2 Å². The summed E-state index contributed by atoms with van der Waals surface area (Å²) < 4.78 is 11.3. The Balaban J connectivity index is 1.55. The van der Waals surface area contributed by atoms with Crippen LogP contribution in [-0.2, 0) is 32.1 Å². The van der Waals surface area contributed by atoms with E-state index in [1.54, 1.807) is 12.2 Å². The lowest BCUT2D eigenvalue weighted by Gasteiger charge is -2.23. The minimum atomic E-state index is -0.697. The highest BCUT2D eigenvalue weighted by molar-refractivity contribution is 5.86. The lowest BCUT2D eigenvalue weighted by Crippen LogP contribution is -2.42. The highest BCUT2D eigenvalue weighted by atomic mass is 16.5. The number of ether oxygens (including phenoxy) is 2. The molecule has 3 aromatic rings. The van der Waals surface area contributed by atoms with Gasteiger partial charge in [0.25, 0.3) is 0 Å². The van der Waals surface area contributed by atoms with Crippen molar-refractivity contribution < 1.29 is 29.0 Å². The van der Waals surface area contributed by atoms with Gasteiger partial charge >= 0.3 is 5.97 Å². The number of aliphatic hydroxyl groups excluding tert-OH is 1. The maximum atomic E-state index is 13.4. The van der Waals surface area contributed by atoms with Gasteiger partial charge < -0.3 is 25.2 Å². The van der Waals surface area contributed by atoms with Crippen LogP contribution in [0.5, 0.6) is 5.75 Å². The van der Waals surface area contributed by atoms with Crippen LogP contribution in [0.15, 0.2) is 110 Å². The van der Waals surface area contributed by atoms with E-state index in [9.17, 15) is 19.5 Å². The van der Waals surface area contributed by atoms with Crippen LogP contribution in [0, 0.1) is 5.92 Å². The molecule has 45 heavy (non-hydrogen) atoms. The van der Waals surface area contributed by atoms with Crippen molar-refractivity contribution in [3.8, 4) is 5.75 Å². The predicted molar refractivity (Wildman–Crippen MR) is 175 cm³/mol. The Labute approximate surface area is 266 Å². The van der Waals surface area contributed by atoms with Gasteiger partial charge in [0.1, 0.15) is 19.0 Å². The molecule has 0 bridgehead atoms. The van der Waals surface area contributed by atoms with Gasteiger partial charge in [-0.1, -0.05) is 84.9 Å². The first-order valence-corrected chi connectivity index (χ1v) is 15.3. The van der Waals surface area contributed by atoms with Gasteiger partial charge in [0.05, 0.1) is 24.6 Å². The molecule has 0 saturated heterocycles. The zero-order valence-electron chi connectivity index (χ0n) is 25.7. The minimum absolute atomic E-state index is 0.0294. The molecule has 0 fully saturated rings. The molecule has 0 unspecified atom stereocenters. The fraction of sp³-hybridized carbons (Fsp3) is 0.324. The summed E-state index contributed by atoms with van der Waals surface area (Å²) in [5, 5.41) is 15.8. The molecule has 3 rings (SSSR count). The Bertz CT molecular complexity index is 1340. The van der Waals surface area contributed by atoms with E-state index < -0.39 is 18.0 Å². The van der Waals surface area contributed by atoms with E-state index in [4.69, 9.17) is 9.47 Å². The maximum Gasteiger partial charge on any atom is 0.305 e. The van der Waals surface area contributed by atoms with Gasteiger partial charge in [-0.25, -0.2) is 0 Å². The highest BCUT2D eigenvalue weighted by Gasteiger charge is 2.26. The van der Waals surface area contributed by atoms with E-state index in [-0.39, 0.29) is 50.3 Å². The Kier molecular flexibility index (Phi) is 15.1. The van der Waals surface area contributed by atoms with Crippen molar-refractivity contribution in [3.05, 3.63) is 127 Å². The molecule has 0 spiro atoms. The van der Waals surface area contributed by atoms with Gasteiger partial charge in [-0.3, -0.25) is 14.4 Å². The van der Waals surface area contributed by atoms with E-state index in [1.807, 2.05) is 84.9 Å². The molecular weight excluding hydrogens is 568 g/mol. The third-order valence-corrected chi connectivity index (χ3v) is 7.21. The first-order chi connectivity index (χ1) is 21.9. The molecule has 0 saturated carbocycles. The van der Waals surface area contributed by atoms with Gasteiger partial charge in [0, 0.05) is 12.8 Å². The minimum Gasteiger partial charge on any atom is -0.489 e. The van der Waals surface area contributed by atoms with Gasteiger partial charge in [-0.15, -0.1) is 13.2 Å². The molecule has 0 aromatic heterocycles. The molecule has 3 N–H and O–H groups in total. The zero-order valence-corrected chi connectivity index (χ0v) is 25.7. The van der Waals surface area contributed by atoms with Gasteiger partial charge in [0.2, 0.25) is 11.8 Å². The predicted octanol–water partition coefficient (Wildman–Crippen LogP) is 5.62. The Hall–Kier alpha value is -4.69. The number of hydrogen-bond acceptors (Lipinski definition) is 6. The fourth-order valence-corrected chi connectivity index (χ4v) is 4.74. The molecule has 8 heteroatoms. The highest BCUT2D eigenvalue weighted by Crippen LogP contribution is 2.19. The van der Waals surface area contributed by atoms with Crippen LogP contribution < -0.4 is 15.4 Å². The molecule has 0 radical (unpaired) electrons. The van der Waals surface area contributed by atoms with Crippen LogP contribution in [0.2, 0.25) is 0 Å². The summed E-state index contributed by atoms with van der Waals surface area (Å²) in [5.74, 6) is -1.03. The van der Waals surface area contributed by atoms with E-state index in [0.717, 1.165) is 22.4 Å². The van der Waals surface area contributed by atoms with E-state index >= 15 is 0 Å². The molecule has 0 aliphatic heterocycles. The molecule has 0 aliphatic rings. The molecule has 2 amide bonds. The fourth-order valence-electron chi connectivity index (χ4n) is 4.74. The summed E-state index contributed by atoms with van der Waals surface area (Å²) in [6.07, 6.45) is 5.56. The number of allylic oxidation sites excluding steroid dienone is 2. The van der Waals surface area contributed by atoms with Crippen molar-refractivity contribution in [2.75, 3.05) is 13.2 Å². The molecule has 8 nitrogen and oxygen atoms in total. The number of nitrogens with one attached hydrogen (secondary N) is 2. The van der Waals surface area contributed by atoms with Crippen molar-refractivity contribution in [2.24, 2.45) is 5.92 Å². The Morgan fingerprint density at radius 1 is 0.844 bits per heavy atom. The molecule has 3 atom stereocenters. The molecule has 0 heterocycles. The van der Waals surface area contributed by atoms with E-state index in [0.29, 0.717) is 25.9 Å². The standard InChI is InChI=1S/C37H44N2O6/c1-3-5-8-18-36(42)45-27-34(30-16-11-7-12-17-30)39-37(43)31(13-4-2)24-35(41)38-32(25-40)23-28-19-21-33(22-20-28)44-26-29-14-9-6-10-15-29/h3-4,6-7,9-12,14-17,19-22,31-32,34,40H,1-2,5,8,13,18,23-27H2,(H,38,41)(H,39,43)/t31-,32-,34-/m0/s1. The van der Waals surface area contributed by atoms with Crippen LogP contribution in [0.4, 0.5) is 0 Å². The number of carbonyl (C=O) groups excluding carboxylic acids is 3. The van der Waals surface area contributed by atoms with Crippen molar-refractivity contribution in [1.29, 1.82) is 0 Å². The number of carbonyl (C=O) groups is 3. The van der Waals surface area contributed by atoms with Gasteiger partial charge in [0.15, 0.2) is 0 Å². The summed E-state index contributed by atoms with van der Waals surface area (Å²) in [4.78, 5) is 38.6. The third-order valence-electron chi connectivity index (χ3n) is 7.21. The normalized spacial score (nSPS) is 12.6. The van der Waals surface area contributed by atoms with E-state index in [1.165, 1.54) is 0 Å². The number of aliphatic hydroxyl groups is 1. The summed E-state index contributed by atoms with van der Waals surface area (Å²) in [6.45, 7) is 7.59. The Morgan fingerprint density at radius 3 is 2.18 bits per heavy atom. The van der Waals surface area contributed by atoms with Gasteiger partial charge in [-0.05, 0) is 54.5 Å². The summed E-state index contributed by atoms with van der Waals surface area (Å²) >= 11 is 0. The quantitative estimate of drug-likeness (QED) is 0.0867. The second-order valence-electron chi connectivity index (χ2n) is 10.8. The largest absolute Gasteiger partial charge is 0.489 e. The summed E-state index contributed by atoms with van der Waals surface area (Å²) in [6, 6.07) is 25.5. The molecule has 238 valence electrons. The molecular formula is C37H44N2O6. The van der Waals surface area contributed by atoms with Crippen LogP contribution in [0.1, 0.15) is 54.8 Å². The average molecular weight is 613 g/mol. The summed E-state index contributed by atoms with van der Waals surface area (Å²) in [5.41, 5.74) is 2.77. The first kappa shape index (κ1) is 34.8. The number of hydrogen-bond donors (Lipinski definition) is 3. The average Bonchev–Trinajstić information content (AvgIpc) is 3.06. The van der Waals surface area contributed by atoms with Crippen molar-refractivity contribution >= 4 is 17.8 Å². The monoisotopic (exact) mass is 612 g/mol. The Morgan fingerprint density at radius 2 is 1.53 bits per heavy atom. The summed E-state index contributed by atoms with van der Waals surface area (Å²) in [7, 11) is 0. The number of benzene rings is 3. The van der Waals surface area contributed by atoms with Crippen LogP contribution in [0.25, 0.3) is 0 Å². The topological polar surface area (TPSA) is 114 Å². The van der Waals surface area contributed by atoms with Crippen molar-refractivity contribution in [3.63, 3.8) is 0 Å². The van der Waals surface area contributed by atoms with Crippen LogP contribution in [-0.4, -0.2) is 42.1 Å². The smallest absolute Gasteiger partial charge is 0.305 e. The van der Waals surface area contributed by atoms with E-state index in [2.05, 4.69) is 23.8 Å².